The lowest BCUT2D eigenvalue weighted by Gasteiger charge is -2.11. The normalized spacial score (nSPS) is 12.9. The van der Waals surface area contributed by atoms with Crippen LogP contribution in [0.3, 0.4) is 0 Å². The van der Waals surface area contributed by atoms with E-state index in [9.17, 15) is 9.59 Å². The van der Waals surface area contributed by atoms with Crippen LogP contribution in [0.4, 0.5) is 0 Å². The third kappa shape index (κ3) is 5.01. The Morgan fingerprint density at radius 1 is 1.33 bits per heavy atom. The zero-order valence-corrected chi connectivity index (χ0v) is 7.80. The first-order valence-corrected chi connectivity index (χ1v) is 4.47. The zero-order valence-electron chi connectivity index (χ0n) is 6.98. The van der Waals surface area contributed by atoms with Gasteiger partial charge in [-0.1, -0.05) is 13.8 Å². The zero-order chi connectivity index (χ0) is 9.72. The van der Waals surface area contributed by atoms with Crippen molar-refractivity contribution in [1.82, 2.24) is 0 Å². The Morgan fingerprint density at radius 2 is 1.83 bits per heavy atom. The highest BCUT2D eigenvalue weighted by atomic mass is 32.2. The second-order valence-corrected chi connectivity index (χ2v) is 4.39. The van der Waals surface area contributed by atoms with Gasteiger partial charge in [-0.3, -0.25) is 9.59 Å². The van der Waals surface area contributed by atoms with Crippen LogP contribution in [-0.2, 0) is 9.59 Å². The molecule has 0 spiro atoms. The van der Waals surface area contributed by atoms with Crippen molar-refractivity contribution in [1.29, 1.82) is 0 Å². The maximum Gasteiger partial charge on any atom is 0.317 e. The Bertz CT molecular complexity index is 178. The van der Waals surface area contributed by atoms with Gasteiger partial charge in [-0.2, -0.15) is 0 Å². The molecule has 1 atom stereocenters. The molecule has 0 aromatic carbocycles. The Kier molecular flexibility index (Phi) is 4.73. The number of carboxylic acids is 2. The van der Waals surface area contributed by atoms with Crippen LogP contribution in [0.5, 0.6) is 0 Å². The molecule has 0 rings (SSSR count). The van der Waals surface area contributed by atoms with Crippen molar-refractivity contribution in [2.24, 2.45) is 0 Å². The summed E-state index contributed by atoms with van der Waals surface area (Å²) in [4.78, 5) is 20.7. The van der Waals surface area contributed by atoms with Crippen LogP contribution in [0.25, 0.3) is 0 Å². The molecule has 0 aliphatic rings. The highest BCUT2D eigenvalue weighted by Crippen LogP contribution is 2.20. The van der Waals surface area contributed by atoms with Crippen molar-refractivity contribution in [3.8, 4) is 0 Å². The molecule has 0 bridgehead atoms. The first-order chi connectivity index (χ1) is 5.43. The number of carboxylic acid groups (broad SMARTS) is 2. The van der Waals surface area contributed by atoms with E-state index in [1.54, 1.807) is 0 Å². The number of rotatable bonds is 5. The number of carbonyl (C=O) groups is 2. The molecular weight excluding hydrogens is 180 g/mol. The summed E-state index contributed by atoms with van der Waals surface area (Å²) < 4.78 is 0. The molecule has 0 heterocycles. The Hall–Kier alpha value is -0.710. The van der Waals surface area contributed by atoms with Gasteiger partial charge in [0, 0.05) is 0 Å². The second kappa shape index (κ2) is 5.03. The molecule has 0 aliphatic carbocycles. The average molecular weight is 192 g/mol. The lowest BCUT2D eigenvalue weighted by molar-refractivity contribution is -0.142. The summed E-state index contributed by atoms with van der Waals surface area (Å²) >= 11 is 1.16. The summed E-state index contributed by atoms with van der Waals surface area (Å²) in [6.45, 7) is 3.67. The monoisotopic (exact) mass is 192 g/mol. The molecule has 0 saturated carbocycles. The molecule has 0 aliphatic heterocycles. The van der Waals surface area contributed by atoms with E-state index >= 15 is 0 Å². The summed E-state index contributed by atoms with van der Waals surface area (Å²) in [6.07, 6.45) is -0.321. The summed E-state index contributed by atoms with van der Waals surface area (Å²) in [5.41, 5.74) is 0. The fourth-order valence-electron chi connectivity index (χ4n) is 0.681. The summed E-state index contributed by atoms with van der Waals surface area (Å²) in [5.74, 6) is -2.13. The van der Waals surface area contributed by atoms with E-state index in [0.717, 1.165) is 11.8 Å². The van der Waals surface area contributed by atoms with Crippen molar-refractivity contribution in [3.05, 3.63) is 0 Å². The van der Waals surface area contributed by atoms with Crippen molar-refractivity contribution in [3.63, 3.8) is 0 Å². The van der Waals surface area contributed by atoms with Crippen LogP contribution in [0.15, 0.2) is 0 Å². The van der Waals surface area contributed by atoms with E-state index in [0.29, 0.717) is 0 Å². The van der Waals surface area contributed by atoms with Crippen LogP contribution in [-0.4, -0.2) is 32.7 Å². The fraction of sp³-hybridized carbons (Fsp3) is 0.714. The average Bonchev–Trinajstić information content (AvgIpc) is 1.83. The Balaban J connectivity index is 4.04. The van der Waals surface area contributed by atoms with Crippen LogP contribution < -0.4 is 0 Å². The first kappa shape index (κ1) is 11.3. The minimum Gasteiger partial charge on any atom is -0.481 e. The summed E-state index contributed by atoms with van der Waals surface area (Å²) in [7, 11) is 0. The molecule has 5 heteroatoms. The van der Waals surface area contributed by atoms with Crippen molar-refractivity contribution in [2.45, 2.75) is 30.8 Å². The highest BCUT2D eigenvalue weighted by Gasteiger charge is 2.22. The van der Waals surface area contributed by atoms with Gasteiger partial charge in [0.25, 0.3) is 0 Å². The van der Waals surface area contributed by atoms with Crippen molar-refractivity contribution >= 4 is 23.7 Å². The molecule has 0 fully saturated rings. The van der Waals surface area contributed by atoms with Crippen LogP contribution in [0, 0.1) is 0 Å². The van der Waals surface area contributed by atoms with E-state index in [2.05, 4.69) is 0 Å². The van der Waals surface area contributed by atoms with Gasteiger partial charge in [0.2, 0.25) is 0 Å². The summed E-state index contributed by atoms with van der Waals surface area (Å²) in [5, 5.41) is 16.3. The molecule has 4 nitrogen and oxygen atoms in total. The van der Waals surface area contributed by atoms with Gasteiger partial charge in [0.1, 0.15) is 5.25 Å². The number of hydrogen-bond donors (Lipinski definition) is 2. The maximum atomic E-state index is 10.5. The van der Waals surface area contributed by atoms with Crippen LogP contribution in [0.2, 0.25) is 0 Å². The first-order valence-electron chi connectivity index (χ1n) is 3.53. The third-order valence-electron chi connectivity index (χ3n) is 1.07. The van der Waals surface area contributed by atoms with Crippen molar-refractivity contribution in [2.75, 3.05) is 0 Å². The third-order valence-corrected chi connectivity index (χ3v) is 2.31. The lowest BCUT2D eigenvalue weighted by atomic mass is 10.3. The molecule has 0 unspecified atom stereocenters. The van der Waals surface area contributed by atoms with E-state index in [1.807, 2.05) is 13.8 Å². The van der Waals surface area contributed by atoms with Gasteiger partial charge in [0.05, 0.1) is 6.42 Å². The molecule has 0 saturated heterocycles. The molecule has 12 heavy (non-hydrogen) atoms. The van der Waals surface area contributed by atoms with Crippen molar-refractivity contribution < 1.29 is 19.8 Å². The van der Waals surface area contributed by atoms with Gasteiger partial charge in [-0.25, -0.2) is 0 Å². The smallest absolute Gasteiger partial charge is 0.317 e. The standard InChI is InChI=1S/C7H12O4S/c1-4(2)12-5(7(10)11)3-6(8)9/h4-5H,3H2,1-2H3,(H,8,9)(H,10,11)/t5-/m1/s1. The predicted octanol–water partition coefficient (Wildman–Crippen LogP) is 1.06. The van der Waals surface area contributed by atoms with Gasteiger partial charge in [0.15, 0.2) is 0 Å². The van der Waals surface area contributed by atoms with Crippen LogP contribution in [0.1, 0.15) is 20.3 Å². The minimum atomic E-state index is -1.07. The molecular formula is C7H12O4S. The molecule has 0 radical (unpaired) electrons. The number of thioether (sulfide) groups is 1. The van der Waals surface area contributed by atoms with Gasteiger partial charge < -0.3 is 10.2 Å². The molecule has 0 amide bonds. The maximum absolute atomic E-state index is 10.5. The largest absolute Gasteiger partial charge is 0.481 e. The topological polar surface area (TPSA) is 74.6 Å². The van der Waals surface area contributed by atoms with Gasteiger partial charge in [-0.15, -0.1) is 11.8 Å². The number of aliphatic carboxylic acids is 2. The minimum absolute atomic E-state index is 0.130. The second-order valence-electron chi connectivity index (χ2n) is 2.61. The van der Waals surface area contributed by atoms with Crippen LogP contribution >= 0.6 is 11.8 Å². The van der Waals surface area contributed by atoms with E-state index in [1.165, 1.54) is 0 Å². The van der Waals surface area contributed by atoms with E-state index in [4.69, 9.17) is 10.2 Å². The number of hydrogen-bond acceptors (Lipinski definition) is 3. The molecule has 70 valence electrons. The Morgan fingerprint density at radius 3 is 2.08 bits per heavy atom. The van der Waals surface area contributed by atoms with Gasteiger partial charge in [-0.05, 0) is 5.25 Å². The van der Waals surface area contributed by atoms with Gasteiger partial charge >= 0.3 is 11.9 Å². The Labute approximate surface area is 75.0 Å². The molecule has 0 aromatic heterocycles. The SMILES string of the molecule is CC(C)S[C@H](CC(=O)O)C(=O)O. The highest BCUT2D eigenvalue weighted by molar-refractivity contribution is 8.01. The quantitative estimate of drug-likeness (QED) is 0.681. The fourth-order valence-corrected chi connectivity index (χ4v) is 1.69. The lowest BCUT2D eigenvalue weighted by Crippen LogP contribution is -2.21. The molecule has 0 aromatic rings. The van der Waals surface area contributed by atoms with E-state index in [-0.39, 0.29) is 11.7 Å². The predicted molar refractivity (Wildman–Crippen MR) is 46.4 cm³/mol. The summed E-state index contributed by atoms with van der Waals surface area (Å²) in [6, 6.07) is 0. The van der Waals surface area contributed by atoms with E-state index < -0.39 is 17.2 Å². The molecule has 2 N–H and O–H groups in total.